The van der Waals surface area contributed by atoms with Gasteiger partial charge in [-0.25, -0.2) is 9.07 Å². The van der Waals surface area contributed by atoms with E-state index >= 15 is 0 Å². The smallest absolute Gasteiger partial charge is 0.291 e. The zero-order chi connectivity index (χ0) is 19.8. The van der Waals surface area contributed by atoms with E-state index in [2.05, 4.69) is 10.4 Å². The summed E-state index contributed by atoms with van der Waals surface area (Å²) in [5.41, 5.74) is 2.03. The van der Waals surface area contributed by atoms with E-state index in [1.54, 1.807) is 41.9 Å². The lowest BCUT2D eigenvalue weighted by Crippen LogP contribution is -2.38. The number of benzene rings is 1. The summed E-state index contributed by atoms with van der Waals surface area (Å²) in [4.78, 5) is 25.5. The number of rotatable bonds is 5. The van der Waals surface area contributed by atoms with Crippen molar-refractivity contribution in [3.8, 4) is 0 Å². The van der Waals surface area contributed by atoms with Crippen LogP contribution in [0.25, 0.3) is 16.6 Å². The molecule has 3 aromatic heterocycles. The van der Waals surface area contributed by atoms with E-state index in [-0.39, 0.29) is 23.8 Å². The van der Waals surface area contributed by atoms with E-state index in [4.69, 9.17) is 4.42 Å². The van der Waals surface area contributed by atoms with Crippen molar-refractivity contribution in [1.29, 1.82) is 0 Å². The summed E-state index contributed by atoms with van der Waals surface area (Å²) in [5.74, 6) is -0.0930. The van der Waals surface area contributed by atoms with Crippen LogP contribution in [0.3, 0.4) is 0 Å². The maximum absolute atomic E-state index is 13.3. The molecule has 0 radical (unpaired) electrons. The van der Waals surface area contributed by atoms with Crippen molar-refractivity contribution in [2.24, 2.45) is 0 Å². The average molecular weight is 382 g/mol. The zero-order valence-electron chi connectivity index (χ0n) is 15.5. The fourth-order valence-corrected chi connectivity index (χ4v) is 3.28. The predicted octanol–water partition coefficient (Wildman–Crippen LogP) is 2.82. The molecule has 0 aliphatic rings. The molecule has 0 saturated carbocycles. The molecule has 1 N–H and O–H groups in total. The molecule has 28 heavy (non-hydrogen) atoms. The van der Waals surface area contributed by atoms with Crippen molar-refractivity contribution >= 4 is 22.5 Å². The lowest BCUT2D eigenvalue weighted by Gasteiger charge is -2.16. The Labute approximate surface area is 159 Å². The Kier molecular flexibility index (Phi) is 4.46. The highest BCUT2D eigenvalue weighted by Gasteiger charge is 2.22. The van der Waals surface area contributed by atoms with Crippen molar-refractivity contribution in [3.63, 3.8) is 0 Å². The third-order valence-electron chi connectivity index (χ3n) is 4.75. The molecule has 8 heteroatoms. The lowest BCUT2D eigenvalue weighted by molar-refractivity contribution is -0.124. The second-order valence-corrected chi connectivity index (χ2v) is 6.58. The minimum absolute atomic E-state index is 0.163. The largest absolute Gasteiger partial charge is 0.463 e. The molecule has 1 atom stereocenters. The van der Waals surface area contributed by atoms with Gasteiger partial charge in [0.05, 0.1) is 11.8 Å². The molecule has 0 fully saturated rings. The van der Waals surface area contributed by atoms with Crippen LogP contribution in [0.5, 0.6) is 0 Å². The molecule has 1 unspecified atom stereocenters. The summed E-state index contributed by atoms with van der Waals surface area (Å²) in [5, 5.41) is 7.14. The van der Waals surface area contributed by atoms with Crippen LogP contribution in [-0.2, 0) is 17.8 Å². The summed E-state index contributed by atoms with van der Waals surface area (Å²) < 4.78 is 21.6. The first-order chi connectivity index (χ1) is 13.5. The zero-order valence-corrected chi connectivity index (χ0v) is 15.5. The highest BCUT2D eigenvalue weighted by molar-refractivity contribution is 5.83. The van der Waals surface area contributed by atoms with Crippen LogP contribution in [0.4, 0.5) is 4.39 Å². The topological polar surface area (TPSA) is 81.5 Å². The molecule has 3 heterocycles. The molecule has 0 saturated heterocycles. The minimum Gasteiger partial charge on any atom is -0.463 e. The van der Waals surface area contributed by atoms with Gasteiger partial charge in [0, 0.05) is 25.1 Å². The Bertz CT molecular complexity index is 1240. The first kappa shape index (κ1) is 18.0. The second kappa shape index (κ2) is 6.95. The maximum Gasteiger partial charge on any atom is 0.291 e. The van der Waals surface area contributed by atoms with Crippen molar-refractivity contribution in [1.82, 2.24) is 19.5 Å². The van der Waals surface area contributed by atoms with E-state index < -0.39 is 6.04 Å². The molecule has 1 amide bonds. The SMILES string of the molecule is CCc1nn(C(C)C(=O)NCc2cccc(F)c2)c(=O)c2cc3occc3n12. The van der Waals surface area contributed by atoms with E-state index in [0.717, 1.165) is 5.52 Å². The number of furan rings is 1. The molecule has 1 aromatic carbocycles. The summed E-state index contributed by atoms with van der Waals surface area (Å²) in [6.45, 7) is 3.70. The molecule has 7 nitrogen and oxygen atoms in total. The second-order valence-electron chi connectivity index (χ2n) is 6.58. The number of fused-ring (bicyclic) bond motifs is 3. The van der Waals surface area contributed by atoms with Gasteiger partial charge in [-0.1, -0.05) is 19.1 Å². The van der Waals surface area contributed by atoms with Gasteiger partial charge >= 0.3 is 0 Å². The van der Waals surface area contributed by atoms with Crippen molar-refractivity contribution in [2.75, 3.05) is 0 Å². The Morgan fingerprint density at radius 3 is 2.86 bits per heavy atom. The van der Waals surface area contributed by atoms with Gasteiger partial charge in [0.1, 0.15) is 23.2 Å². The van der Waals surface area contributed by atoms with Gasteiger partial charge in [-0.05, 0) is 24.6 Å². The van der Waals surface area contributed by atoms with Gasteiger partial charge in [-0.15, -0.1) is 0 Å². The van der Waals surface area contributed by atoms with Crippen molar-refractivity contribution in [3.05, 3.63) is 70.2 Å². The fourth-order valence-electron chi connectivity index (χ4n) is 3.28. The minimum atomic E-state index is -0.822. The van der Waals surface area contributed by atoms with Crippen LogP contribution in [0.15, 0.2) is 51.9 Å². The molecule has 4 aromatic rings. The third-order valence-corrected chi connectivity index (χ3v) is 4.75. The molecular weight excluding hydrogens is 363 g/mol. The Hall–Kier alpha value is -3.42. The molecule has 0 bridgehead atoms. The fraction of sp³-hybridized carbons (Fsp3) is 0.250. The standard InChI is InChI=1S/C20H19FN4O3/c1-3-18-23-25(20(27)16-10-17-15(24(16)18)7-8-28-17)12(2)19(26)22-11-13-5-4-6-14(21)9-13/h4-10,12H,3,11H2,1-2H3,(H,22,26). The van der Waals surface area contributed by atoms with Gasteiger partial charge in [0.2, 0.25) is 5.91 Å². The number of aryl methyl sites for hydroxylation is 1. The van der Waals surface area contributed by atoms with Crippen LogP contribution in [0.1, 0.15) is 31.3 Å². The van der Waals surface area contributed by atoms with E-state index in [0.29, 0.717) is 28.9 Å². The van der Waals surface area contributed by atoms with Gasteiger partial charge in [0.25, 0.3) is 5.56 Å². The highest BCUT2D eigenvalue weighted by atomic mass is 19.1. The van der Waals surface area contributed by atoms with Gasteiger partial charge < -0.3 is 9.73 Å². The summed E-state index contributed by atoms with van der Waals surface area (Å²) >= 11 is 0. The average Bonchev–Trinajstić information content (AvgIpc) is 3.28. The molecule has 4 rings (SSSR count). The normalized spacial score (nSPS) is 12.5. The number of halogens is 1. The maximum atomic E-state index is 13.3. The highest BCUT2D eigenvalue weighted by Crippen LogP contribution is 2.21. The third kappa shape index (κ3) is 2.96. The summed E-state index contributed by atoms with van der Waals surface area (Å²) in [6.07, 6.45) is 2.13. The summed E-state index contributed by atoms with van der Waals surface area (Å²) in [6, 6.07) is 8.61. The van der Waals surface area contributed by atoms with Crippen molar-refractivity contribution in [2.45, 2.75) is 32.9 Å². The number of nitrogens with one attached hydrogen (secondary N) is 1. The van der Waals surface area contributed by atoms with Gasteiger partial charge in [0.15, 0.2) is 5.58 Å². The van der Waals surface area contributed by atoms with Crippen LogP contribution >= 0.6 is 0 Å². The van der Waals surface area contributed by atoms with E-state index in [1.807, 2.05) is 6.92 Å². The van der Waals surface area contributed by atoms with Gasteiger partial charge in [-0.2, -0.15) is 5.10 Å². The van der Waals surface area contributed by atoms with Crippen LogP contribution in [0.2, 0.25) is 0 Å². The molecule has 0 spiro atoms. The molecular formula is C20H19FN4O3. The molecule has 144 valence electrons. The Morgan fingerprint density at radius 1 is 1.29 bits per heavy atom. The summed E-state index contributed by atoms with van der Waals surface area (Å²) in [7, 11) is 0. The van der Waals surface area contributed by atoms with Crippen LogP contribution in [0, 0.1) is 5.82 Å². The van der Waals surface area contributed by atoms with Gasteiger partial charge in [-0.3, -0.25) is 14.0 Å². The number of carbonyl (C=O) groups is 1. The number of carbonyl (C=O) groups excluding carboxylic acids is 1. The Balaban J connectivity index is 1.66. The first-order valence-electron chi connectivity index (χ1n) is 9.02. The Morgan fingerprint density at radius 2 is 2.11 bits per heavy atom. The van der Waals surface area contributed by atoms with Crippen LogP contribution < -0.4 is 10.9 Å². The number of nitrogens with zero attached hydrogens (tertiary/aromatic N) is 3. The number of hydrogen-bond donors (Lipinski definition) is 1. The molecule has 0 aliphatic heterocycles. The van der Waals surface area contributed by atoms with Crippen LogP contribution in [-0.4, -0.2) is 20.1 Å². The monoisotopic (exact) mass is 382 g/mol. The van der Waals surface area contributed by atoms with Crippen molar-refractivity contribution < 1.29 is 13.6 Å². The molecule has 0 aliphatic carbocycles. The predicted molar refractivity (Wildman–Crippen MR) is 102 cm³/mol. The van der Waals surface area contributed by atoms with E-state index in [1.165, 1.54) is 16.8 Å². The lowest BCUT2D eigenvalue weighted by atomic mass is 10.2. The first-order valence-corrected chi connectivity index (χ1v) is 9.02. The quantitative estimate of drug-likeness (QED) is 0.575. The number of amides is 1. The number of hydrogen-bond acceptors (Lipinski definition) is 4. The van der Waals surface area contributed by atoms with E-state index in [9.17, 15) is 14.0 Å². The number of aromatic nitrogens is 3.